The van der Waals surface area contributed by atoms with Gasteiger partial charge in [0.25, 0.3) is 5.91 Å². The Balaban J connectivity index is 2.13. The molecular formula is C10H18N2O3. The quantitative estimate of drug-likeness (QED) is 0.216. The molecule has 0 radical (unpaired) electrons. The molecule has 1 aliphatic heterocycles. The maximum absolute atomic E-state index is 11.1. The number of carbonyl (C=O) groups is 1. The maximum atomic E-state index is 11.1. The minimum Gasteiger partial charge on any atom is -0.378 e. The molecule has 0 aromatic rings. The van der Waals surface area contributed by atoms with Crippen molar-refractivity contribution in [2.24, 2.45) is 5.84 Å². The lowest BCUT2D eigenvalue weighted by Crippen LogP contribution is -2.39. The third-order valence-electron chi connectivity index (χ3n) is 2.31. The molecule has 0 bridgehead atoms. The van der Waals surface area contributed by atoms with E-state index in [0.717, 1.165) is 12.8 Å². The van der Waals surface area contributed by atoms with Crippen LogP contribution in [-0.2, 0) is 14.3 Å². The highest BCUT2D eigenvalue weighted by Gasteiger charge is 2.30. The molecule has 0 aliphatic carbocycles. The van der Waals surface area contributed by atoms with Gasteiger partial charge in [-0.1, -0.05) is 6.08 Å². The molecule has 0 aromatic carbocycles. The number of rotatable bonds is 6. The van der Waals surface area contributed by atoms with Crippen molar-refractivity contribution in [3.63, 3.8) is 0 Å². The first-order valence-corrected chi connectivity index (χ1v) is 5.12. The zero-order chi connectivity index (χ0) is 11.1. The van der Waals surface area contributed by atoms with E-state index in [1.807, 2.05) is 0 Å². The van der Waals surface area contributed by atoms with Gasteiger partial charge in [0.2, 0.25) is 0 Å². The third kappa shape index (κ3) is 3.99. The predicted octanol–water partition coefficient (Wildman–Crippen LogP) is 0.117. The molecule has 2 atom stereocenters. The summed E-state index contributed by atoms with van der Waals surface area (Å²) < 4.78 is 10.8. The van der Waals surface area contributed by atoms with E-state index in [9.17, 15) is 4.79 Å². The van der Waals surface area contributed by atoms with Crippen molar-refractivity contribution in [2.75, 3.05) is 13.2 Å². The number of carbonyl (C=O) groups excluding carboxylic acids is 1. The van der Waals surface area contributed by atoms with Crippen LogP contribution in [0.15, 0.2) is 12.7 Å². The highest BCUT2D eigenvalue weighted by atomic mass is 16.5. The zero-order valence-electron chi connectivity index (χ0n) is 8.78. The van der Waals surface area contributed by atoms with Crippen molar-refractivity contribution in [2.45, 2.75) is 31.5 Å². The Morgan fingerprint density at radius 2 is 2.47 bits per heavy atom. The normalized spacial score (nSPS) is 25.1. The van der Waals surface area contributed by atoms with E-state index < -0.39 is 6.10 Å². The fourth-order valence-corrected chi connectivity index (χ4v) is 1.50. The molecule has 1 aliphatic rings. The molecule has 1 saturated heterocycles. The minimum atomic E-state index is -0.414. The molecule has 1 fully saturated rings. The van der Waals surface area contributed by atoms with Crippen LogP contribution in [0.1, 0.15) is 19.3 Å². The molecular weight excluding hydrogens is 196 g/mol. The summed E-state index contributed by atoms with van der Waals surface area (Å²) in [5.41, 5.74) is 2.09. The number of ether oxygens (including phenoxy) is 2. The Bertz CT molecular complexity index is 221. The number of hydrazine groups is 1. The standard InChI is InChI=1S/C10H18N2O3/c1-2-3-6-14-7-8-4-5-9(15-8)10(13)12-11/h2,8-9H,1,3-7,11H2,(H,12,13). The van der Waals surface area contributed by atoms with Crippen LogP contribution in [0.2, 0.25) is 0 Å². The topological polar surface area (TPSA) is 73.6 Å². The van der Waals surface area contributed by atoms with Gasteiger partial charge in [-0.05, 0) is 19.3 Å². The summed E-state index contributed by atoms with van der Waals surface area (Å²) in [5, 5.41) is 0. The monoisotopic (exact) mass is 214 g/mol. The molecule has 5 nitrogen and oxygen atoms in total. The second-order valence-corrected chi connectivity index (χ2v) is 3.48. The molecule has 2 unspecified atom stereocenters. The van der Waals surface area contributed by atoms with Crippen LogP contribution in [0.3, 0.4) is 0 Å². The van der Waals surface area contributed by atoms with Crippen molar-refractivity contribution in [3.8, 4) is 0 Å². The SMILES string of the molecule is C=CCCOCC1CCC(C(=O)NN)O1. The molecule has 1 amide bonds. The Labute approximate surface area is 89.6 Å². The molecule has 0 saturated carbocycles. The van der Waals surface area contributed by atoms with Gasteiger partial charge in [-0.15, -0.1) is 6.58 Å². The number of hydrogen-bond acceptors (Lipinski definition) is 4. The highest BCUT2D eigenvalue weighted by molar-refractivity contribution is 5.80. The van der Waals surface area contributed by atoms with Crippen LogP contribution in [0.25, 0.3) is 0 Å². The summed E-state index contributed by atoms with van der Waals surface area (Å²) >= 11 is 0. The van der Waals surface area contributed by atoms with Crippen LogP contribution in [0, 0.1) is 0 Å². The number of amides is 1. The summed E-state index contributed by atoms with van der Waals surface area (Å²) in [7, 11) is 0. The number of hydrogen-bond donors (Lipinski definition) is 2. The van der Waals surface area contributed by atoms with Gasteiger partial charge < -0.3 is 9.47 Å². The molecule has 1 heterocycles. The lowest BCUT2D eigenvalue weighted by Gasteiger charge is -2.12. The second kappa shape index (κ2) is 6.55. The molecule has 0 spiro atoms. The Morgan fingerprint density at radius 3 is 3.13 bits per heavy atom. The van der Waals surface area contributed by atoms with Crippen LogP contribution in [0.5, 0.6) is 0 Å². The molecule has 1 rings (SSSR count). The molecule has 0 aromatic heterocycles. The summed E-state index contributed by atoms with van der Waals surface area (Å²) in [6.07, 6.45) is 3.78. The maximum Gasteiger partial charge on any atom is 0.263 e. The van der Waals surface area contributed by atoms with E-state index in [4.69, 9.17) is 15.3 Å². The van der Waals surface area contributed by atoms with E-state index in [1.165, 1.54) is 0 Å². The average molecular weight is 214 g/mol. The van der Waals surface area contributed by atoms with Crippen LogP contribution in [-0.4, -0.2) is 31.3 Å². The Hall–Kier alpha value is -0.910. The van der Waals surface area contributed by atoms with E-state index in [0.29, 0.717) is 19.6 Å². The molecule has 5 heteroatoms. The smallest absolute Gasteiger partial charge is 0.263 e. The van der Waals surface area contributed by atoms with E-state index in [2.05, 4.69) is 12.0 Å². The molecule has 86 valence electrons. The summed E-state index contributed by atoms with van der Waals surface area (Å²) in [6.45, 7) is 4.78. The predicted molar refractivity (Wildman–Crippen MR) is 55.9 cm³/mol. The fraction of sp³-hybridized carbons (Fsp3) is 0.700. The van der Waals surface area contributed by atoms with Gasteiger partial charge in [0.15, 0.2) is 0 Å². The average Bonchev–Trinajstić information content (AvgIpc) is 2.72. The first-order valence-electron chi connectivity index (χ1n) is 5.12. The third-order valence-corrected chi connectivity index (χ3v) is 2.31. The van der Waals surface area contributed by atoms with E-state index >= 15 is 0 Å². The first-order chi connectivity index (χ1) is 7.27. The number of nitrogens with two attached hydrogens (primary N) is 1. The van der Waals surface area contributed by atoms with Crippen molar-refractivity contribution in [1.29, 1.82) is 0 Å². The van der Waals surface area contributed by atoms with Gasteiger partial charge in [0, 0.05) is 0 Å². The van der Waals surface area contributed by atoms with Gasteiger partial charge in [0.05, 0.1) is 19.3 Å². The zero-order valence-corrected chi connectivity index (χ0v) is 8.78. The number of nitrogens with one attached hydrogen (secondary N) is 1. The Kier molecular flexibility index (Phi) is 5.31. The van der Waals surface area contributed by atoms with Crippen molar-refractivity contribution in [3.05, 3.63) is 12.7 Å². The summed E-state index contributed by atoms with van der Waals surface area (Å²) in [4.78, 5) is 11.1. The first kappa shape index (κ1) is 12.2. The molecule has 3 N–H and O–H groups in total. The minimum absolute atomic E-state index is 0.0112. The van der Waals surface area contributed by atoms with Crippen molar-refractivity contribution >= 4 is 5.91 Å². The van der Waals surface area contributed by atoms with Gasteiger partial charge in [-0.3, -0.25) is 10.2 Å². The lowest BCUT2D eigenvalue weighted by molar-refractivity contribution is -0.133. The Morgan fingerprint density at radius 1 is 1.67 bits per heavy atom. The van der Waals surface area contributed by atoms with Crippen molar-refractivity contribution in [1.82, 2.24) is 5.43 Å². The lowest BCUT2D eigenvalue weighted by atomic mass is 10.2. The van der Waals surface area contributed by atoms with Crippen LogP contribution >= 0.6 is 0 Å². The van der Waals surface area contributed by atoms with Crippen LogP contribution in [0.4, 0.5) is 0 Å². The van der Waals surface area contributed by atoms with Gasteiger partial charge in [-0.25, -0.2) is 5.84 Å². The molecule has 15 heavy (non-hydrogen) atoms. The summed E-state index contributed by atoms with van der Waals surface area (Å²) in [5.74, 6) is 4.75. The largest absolute Gasteiger partial charge is 0.378 e. The summed E-state index contributed by atoms with van der Waals surface area (Å²) in [6, 6.07) is 0. The second-order valence-electron chi connectivity index (χ2n) is 3.48. The van der Waals surface area contributed by atoms with Gasteiger partial charge in [-0.2, -0.15) is 0 Å². The van der Waals surface area contributed by atoms with Gasteiger partial charge in [0.1, 0.15) is 6.10 Å². The van der Waals surface area contributed by atoms with Crippen molar-refractivity contribution < 1.29 is 14.3 Å². The highest BCUT2D eigenvalue weighted by Crippen LogP contribution is 2.19. The van der Waals surface area contributed by atoms with E-state index in [1.54, 1.807) is 6.08 Å². The fourth-order valence-electron chi connectivity index (χ4n) is 1.50. The van der Waals surface area contributed by atoms with Gasteiger partial charge >= 0.3 is 0 Å². The van der Waals surface area contributed by atoms with Crippen LogP contribution < -0.4 is 11.3 Å². The van der Waals surface area contributed by atoms with E-state index in [-0.39, 0.29) is 12.0 Å².